The number of likely N-dealkylation sites (N-methyl/N-ethyl adjacent to an activating group) is 1. The monoisotopic (exact) mass is 147 g/mol. The molecule has 0 aromatic carbocycles. The Kier molecular flexibility index (Phi) is 2.76. The standard InChI is InChI=1S/C10H13N/c1-3-11(2)10-8-6-4-5-7-9-10/h4,6-9H,3H2,1-2H3. The van der Waals surface area contributed by atoms with Gasteiger partial charge in [0, 0.05) is 19.3 Å². The van der Waals surface area contributed by atoms with Gasteiger partial charge in [0.2, 0.25) is 0 Å². The van der Waals surface area contributed by atoms with E-state index in [-0.39, 0.29) is 0 Å². The van der Waals surface area contributed by atoms with E-state index >= 15 is 0 Å². The van der Waals surface area contributed by atoms with Crippen molar-refractivity contribution in [3.8, 4) is 0 Å². The molecule has 11 heavy (non-hydrogen) atoms. The molecule has 0 spiro atoms. The summed E-state index contributed by atoms with van der Waals surface area (Å²) in [5, 5.41) is 0. The normalized spacial score (nSPS) is 14.5. The molecule has 0 aromatic heterocycles. The fourth-order valence-electron chi connectivity index (χ4n) is 0.884. The third kappa shape index (κ3) is 2.14. The summed E-state index contributed by atoms with van der Waals surface area (Å²) in [4.78, 5) is 2.19. The molecule has 0 saturated heterocycles. The van der Waals surface area contributed by atoms with Gasteiger partial charge in [-0.25, -0.2) is 0 Å². The van der Waals surface area contributed by atoms with E-state index in [9.17, 15) is 0 Å². The second kappa shape index (κ2) is 3.85. The minimum absolute atomic E-state index is 1.03. The molecule has 0 heterocycles. The molecule has 0 unspecified atom stereocenters. The van der Waals surface area contributed by atoms with Crippen LogP contribution in [0.4, 0.5) is 0 Å². The Bertz CT molecular complexity index is 240. The SMILES string of the molecule is CCN(C)C1=CC=C=CC=C1. The average molecular weight is 147 g/mol. The van der Waals surface area contributed by atoms with Gasteiger partial charge in [-0.05, 0) is 31.2 Å². The maximum atomic E-state index is 3.02. The fraction of sp³-hybridized carbons (Fsp3) is 0.300. The molecule has 0 radical (unpaired) electrons. The van der Waals surface area contributed by atoms with Gasteiger partial charge < -0.3 is 4.90 Å². The predicted octanol–water partition coefficient (Wildman–Crippen LogP) is 2.10. The van der Waals surface area contributed by atoms with Gasteiger partial charge in [0.25, 0.3) is 0 Å². The van der Waals surface area contributed by atoms with Crippen molar-refractivity contribution in [3.63, 3.8) is 0 Å². The summed E-state index contributed by atoms with van der Waals surface area (Å²) in [6.45, 7) is 3.17. The summed E-state index contributed by atoms with van der Waals surface area (Å²) in [7, 11) is 2.08. The molecule has 1 nitrogen and oxygen atoms in total. The minimum Gasteiger partial charge on any atom is -0.375 e. The van der Waals surface area contributed by atoms with Crippen LogP contribution >= 0.6 is 0 Å². The third-order valence-corrected chi connectivity index (χ3v) is 1.72. The Balaban J connectivity index is 2.74. The molecule has 0 atom stereocenters. The van der Waals surface area contributed by atoms with Crippen molar-refractivity contribution in [1.29, 1.82) is 0 Å². The highest BCUT2D eigenvalue weighted by molar-refractivity contribution is 5.28. The molecule has 1 rings (SSSR count). The maximum absolute atomic E-state index is 3.02. The van der Waals surface area contributed by atoms with Crippen LogP contribution in [0.15, 0.2) is 41.8 Å². The van der Waals surface area contributed by atoms with Crippen molar-refractivity contribution >= 4 is 0 Å². The van der Waals surface area contributed by atoms with Crippen molar-refractivity contribution in [2.45, 2.75) is 6.92 Å². The van der Waals surface area contributed by atoms with Crippen LogP contribution < -0.4 is 0 Å². The lowest BCUT2D eigenvalue weighted by Gasteiger charge is -2.16. The molecular weight excluding hydrogens is 134 g/mol. The van der Waals surface area contributed by atoms with Gasteiger partial charge in [-0.2, -0.15) is 0 Å². The van der Waals surface area contributed by atoms with E-state index in [1.54, 1.807) is 0 Å². The lowest BCUT2D eigenvalue weighted by Crippen LogP contribution is -2.15. The highest BCUT2D eigenvalue weighted by Crippen LogP contribution is 2.04. The molecule has 1 aliphatic rings. The molecule has 0 amide bonds. The van der Waals surface area contributed by atoms with Crippen molar-refractivity contribution in [1.82, 2.24) is 4.90 Å². The van der Waals surface area contributed by atoms with Crippen molar-refractivity contribution in [3.05, 3.63) is 41.8 Å². The Morgan fingerprint density at radius 1 is 1.45 bits per heavy atom. The van der Waals surface area contributed by atoms with Gasteiger partial charge in [-0.1, -0.05) is 6.08 Å². The lowest BCUT2D eigenvalue weighted by molar-refractivity contribution is 0.456. The molecule has 0 aromatic rings. The van der Waals surface area contributed by atoms with Gasteiger partial charge in [-0.15, -0.1) is 5.73 Å². The van der Waals surface area contributed by atoms with Crippen LogP contribution in [0.2, 0.25) is 0 Å². The minimum atomic E-state index is 1.03. The molecule has 0 fully saturated rings. The van der Waals surface area contributed by atoms with Crippen LogP contribution in [0.1, 0.15) is 6.92 Å². The Hall–Kier alpha value is -1.20. The number of rotatable bonds is 2. The first-order valence-electron chi connectivity index (χ1n) is 3.85. The maximum Gasteiger partial charge on any atom is 0.0369 e. The lowest BCUT2D eigenvalue weighted by atomic mass is 10.3. The van der Waals surface area contributed by atoms with E-state index in [1.165, 1.54) is 5.70 Å². The fourth-order valence-corrected chi connectivity index (χ4v) is 0.884. The zero-order valence-electron chi connectivity index (χ0n) is 7.04. The van der Waals surface area contributed by atoms with E-state index in [4.69, 9.17) is 0 Å². The first-order chi connectivity index (χ1) is 5.34. The second-order valence-electron chi connectivity index (χ2n) is 2.46. The predicted molar refractivity (Wildman–Crippen MR) is 48.2 cm³/mol. The van der Waals surface area contributed by atoms with E-state index in [0.29, 0.717) is 0 Å². The topological polar surface area (TPSA) is 3.24 Å². The molecular formula is C10H13N. The van der Waals surface area contributed by atoms with Crippen molar-refractivity contribution in [2.75, 3.05) is 13.6 Å². The van der Waals surface area contributed by atoms with Crippen molar-refractivity contribution in [2.24, 2.45) is 0 Å². The molecule has 0 aliphatic heterocycles. The molecule has 0 N–H and O–H groups in total. The average Bonchev–Trinajstić information content (AvgIpc) is 2.30. The Morgan fingerprint density at radius 3 is 3.00 bits per heavy atom. The third-order valence-electron chi connectivity index (χ3n) is 1.72. The molecule has 1 heteroatoms. The number of nitrogens with zero attached hydrogens (tertiary/aromatic N) is 1. The van der Waals surface area contributed by atoms with E-state index in [1.807, 2.05) is 18.2 Å². The largest absolute Gasteiger partial charge is 0.375 e. The van der Waals surface area contributed by atoms with Gasteiger partial charge >= 0.3 is 0 Å². The summed E-state index contributed by atoms with van der Waals surface area (Å²) in [6, 6.07) is 0. The Labute approximate surface area is 68.0 Å². The van der Waals surface area contributed by atoms with E-state index < -0.39 is 0 Å². The zero-order valence-corrected chi connectivity index (χ0v) is 7.04. The van der Waals surface area contributed by atoms with Crippen LogP contribution in [-0.4, -0.2) is 18.5 Å². The van der Waals surface area contributed by atoms with E-state index in [0.717, 1.165) is 6.54 Å². The first-order valence-corrected chi connectivity index (χ1v) is 3.85. The molecule has 0 saturated carbocycles. The van der Waals surface area contributed by atoms with Gasteiger partial charge in [0.15, 0.2) is 0 Å². The van der Waals surface area contributed by atoms with Gasteiger partial charge in [0.05, 0.1) is 0 Å². The van der Waals surface area contributed by atoms with Gasteiger partial charge in [-0.3, -0.25) is 0 Å². The number of hydrogen-bond acceptors (Lipinski definition) is 1. The Morgan fingerprint density at radius 2 is 2.27 bits per heavy atom. The highest BCUT2D eigenvalue weighted by Gasteiger charge is 1.95. The van der Waals surface area contributed by atoms with Gasteiger partial charge in [0.1, 0.15) is 0 Å². The number of hydrogen-bond donors (Lipinski definition) is 0. The molecule has 1 aliphatic carbocycles. The second-order valence-corrected chi connectivity index (χ2v) is 2.46. The van der Waals surface area contributed by atoms with Crippen LogP contribution in [0, 0.1) is 0 Å². The van der Waals surface area contributed by atoms with Crippen LogP contribution in [0.25, 0.3) is 0 Å². The summed E-state index contributed by atoms with van der Waals surface area (Å²) >= 11 is 0. The number of allylic oxidation sites excluding steroid dienone is 4. The summed E-state index contributed by atoms with van der Waals surface area (Å²) in [5.41, 5.74) is 4.25. The van der Waals surface area contributed by atoms with Crippen LogP contribution in [0.5, 0.6) is 0 Å². The summed E-state index contributed by atoms with van der Waals surface area (Å²) in [6.07, 6.45) is 9.99. The smallest absolute Gasteiger partial charge is 0.0369 e. The highest BCUT2D eigenvalue weighted by atomic mass is 15.1. The van der Waals surface area contributed by atoms with Crippen LogP contribution in [0.3, 0.4) is 0 Å². The first kappa shape index (κ1) is 7.90. The summed E-state index contributed by atoms with van der Waals surface area (Å²) < 4.78 is 0. The van der Waals surface area contributed by atoms with Crippen LogP contribution in [-0.2, 0) is 0 Å². The summed E-state index contributed by atoms with van der Waals surface area (Å²) in [5.74, 6) is 0. The molecule has 0 bridgehead atoms. The van der Waals surface area contributed by atoms with Crippen molar-refractivity contribution < 1.29 is 0 Å². The molecule has 58 valence electrons. The zero-order chi connectivity index (χ0) is 8.10. The van der Waals surface area contributed by atoms with E-state index in [2.05, 4.69) is 36.8 Å². The quantitative estimate of drug-likeness (QED) is 0.541.